The standard InChI is InChI=1S/C15H16N2O4S/c1-2-5-12-8-10-13(11-9-12)22(20,21)16-14-6-3-4-7-15(14)17(18)19/h3-4,6-11,16H,2,5H2,1H3. The van der Waals surface area contributed by atoms with Crippen molar-refractivity contribution in [3.05, 3.63) is 64.2 Å². The van der Waals surface area contributed by atoms with E-state index in [0.717, 1.165) is 18.4 Å². The van der Waals surface area contributed by atoms with Gasteiger partial charge in [0.2, 0.25) is 0 Å². The molecule has 0 saturated carbocycles. The number of nitro benzene ring substituents is 1. The molecule has 116 valence electrons. The van der Waals surface area contributed by atoms with Crippen molar-refractivity contribution in [3.8, 4) is 0 Å². The molecule has 2 aromatic carbocycles. The Labute approximate surface area is 129 Å². The van der Waals surface area contributed by atoms with Crippen LogP contribution in [0.15, 0.2) is 53.4 Å². The SMILES string of the molecule is CCCc1ccc(S(=O)(=O)Nc2ccccc2[N+](=O)[O-])cc1. The summed E-state index contributed by atoms with van der Waals surface area (Å²) >= 11 is 0. The Balaban J connectivity index is 2.30. The fraction of sp³-hybridized carbons (Fsp3) is 0.200. The quantitative estimate of drug-likeness (QED) is 0.653. The number of benzene rings is 2. The van der Waals surface area contributed by atoms with Crippen LogP contribution < -0.4 is 4.72 Å². The van der Waals surface area contributed by atoms with Crippen LogP contribution in [0.4, 0.5) is 11.4 Å². The van der Waals surface area contributed by atoms with E-state index in [0.29, 0.717) is 0 Å². The average Bonchev–Trinajstić information content (AvgIpc) is 2.48. The Hall–Kier alpha value is -2.41. The fourth-order valence-electron chi connectivity index (χ4n) is 2.05. The zero-order chi connectivity index (χ0) is 16.2. The maximum Gasteiger partial charge on any atom is 0.293 e. The molecule has 1 N–H and O–H groups in total. The number of para-hydroxylation sites is 2. The van der Waals surface area contributed by atoms with E-state index in [1.165, 1.54) is 36.4 Å². The smallest absolute Gasteiger partial charge is 0.273 e. The van der Waals surface area contributed by atoms with Crippen molar-refractivity contribution >= 4 is 21.4 Å². The van der Waals surface area contributed by atoms with Gasteiger partial charge in [0.15, 0.2) is 0 Å². The molecule has 0 radical (unpaired) electrons. The van der Waals surface area contributed by atoms with Crippen LogP contribution in [0, 0.1) is 10.1 Å². The number of hydrogen-bond donors (Lipinski definition) is 1. The van der Waals surface area contributed by atoms with Crippen LogP contribution in [0.25, 0.3) is 0 Å². The van der Waals surface area contributed by atoms with Crippen LogP contribution >= 0.6 is 0 Å². The molecule has 0 saturated heterocycles. The number of anilines is 1. The fourth-order valence-corrected chi connectivity index (χ4v) is 3.12. The maximum absolute atomic E-state index is 12.3. The molecule has 0 atom stereocenters. The number of sulfonamides is 1. The van der Waals surface area contributed by atoms with E-state index in [1.807, 2.05) is 6.92 Å². The van der Waals surface area contributed by atoms with Gasteiger partial charge in [-0.25, -0.2) is 8.42 Å². The Bertz CT molecular complexity index is 770. The average molecular weight is 320 g/mol. The highest BCUT2D eigenvalue weighted by Gasteiger charge is 2.20. The molecule has 0 bridgehead atoms. The first kappa shape index (κ1) is 16.0. The van der Waals surface area contributed by atoms with E-state index >= 15 is 0 Å². The van der Waals surface area contributed by atoms with Gasteiger partial charge in [-0.05, 0) is 30.2 Å². The van der Waals surface area contributed by atoms with E-state index in [4.69, 9.17) is 0 Å². The molecule has 0 aliphatic carbocycles. The van der Waals surface area contributed by atoms with Crippen molar-refractivity contribution < 1.29 is 13.3 Å². The number of rotatable bonds is 6. The summed E-state index contributed by atoms with van der Waals surface area (Å²) in [6.45, 7) is 2.04. The zero-order valence-electron chi connectivity index (χ0n) is 12.0. The largest absolute Gasteiger partial charge is 0.293 e. The molecule has 0 aliphatic heterocycles. The normalized spacial score (nSPS) is 11.1. The molecular weight excluding hydrogens is 304 g/mol. The van der Waals surface area contributed by atoms with Crippen molar-refractivity contribution in [1.29, 1.82) is 0 Å². The molecule has 0 aliphatic rings. The lowest BCUT2D eigenvalue weighted by atomic mass is 10.1. The van der Waals surface area contributed by atoms with Crippen molar-refractivity contribution in [3.63, 3.8) is 0 Å². The van der Waals surface area contributed by atoms with Gasteiger partial charge in [-0.2, -0.15) is 0 Å². The van der Waals surface area contributed by atoms with Gasteiger partial charge >= 0.3 is 0 Å². The van der Waals surface area contributed by atoms with Crippen molar-refractivity contribution in [1.82, 2.24) is 0 Å². The molecule has 0 spiro atoms. The third kappa shape index (κ3) is 3.62. The topological polar surface area (TPSA) is 89.3 Å². The molecule has 0 amide bonds. The first-order valence-electron chi connectivity index (χ1n) is 6.79. The summed E-state index contributed by atoms with van der Waals surface area (Å²) in [5.74, 6) is 0. The van der Waals surface area contributed by atoms with Gasteiger partial charge in [0, 0.05) is 6.07 Å². The van der Waals surface area contributed by atoms with Crippen molar-refractivity contribution in [2.24, 2.45) is 0 Å². The lowest BCUT2D eigenvalue weighted by molar-refractivity contribution is -0.383. The summed E-state index contributed by atoms with van der Waals surface area (Å²) < 4.78 is 26.9. The van der Waals surface area contributed by atoms with Gasteiger partial charge < -0.3 is 0 Å². The van der Waals surface area contributed by atoms with E-state index in [9.17, 15) is 18.5 Å². The highest BCUT2D eigenvalue weighted by Crippen LogP contribution is 2.26. The predicted molar refractivity (Wildman–Crippen MR) is 84.3 cm³/mol. The Morgan fingerprint density at radius 2 is 1.73 bits per heavy atom. The minimum atomic E-state index is -3.86. The minimum Gasteiger partial charge on any atom is -0.273 e. The highest BCUT2D eigenvalue weighted by atomic mass is 32.2. The molecule has 2 aromatic rings. The van der Waals surface area contributed by atoms with E-state index in [-0.39, 0.29) is 16.3 Å². The van der Waals surface area contributed by atoms with Gasteiger partial charge in [0.1, 0.15) is 5.69 Å². The summed E-state index contributed by atoms with van der Waals surface area (Å²) in [4.78, 5) is 10.4. The highest BCUT2D eigenvalue weighted by molar-refractivity contribution is 7.92. The minimum absolute atomic E-state index is 0.0508. The lowest BCUT2D eigenvalue weighted by Crippen LogP contribution is -2.14. The van der Waals surface area contributed by atoms with Gasteiger partial charge in [0.05, 0.1) is 9.82 Å². The molecule has 0 unspecified atom stereocenters. The molecule has 2 rings (SSSR count). The third-order valence-corrected chi connectivity index (χ3v) is 4.50. The molecule has 0 aromatic heterocycles. The zero-order valence-corrected chi connectivity index (χ0v) is 12.8. The van der Waals surface area contributed by atoms with Crippen LogP contribution in [0.3, 0.4) is 0 Å². The second-order valence-corrected chi connectivity index (χ2v) is 6.46. The van der Waals surface area contributed by atoms with Crippen LogP contribution in [0.2, 0.25) is 0 Å². The Morgan fingerprint density at radius 1 is 1.09 bits per heavy atom. The van der Waals surface area contributed by atoms with Crippen molar-refractivity contribution in [2.75, 3.05) is 4.72 Å². The van der Waals surface area contributed by atoms with Gasteiger partial charge in [-0.3, -0.25) is 14.8 Å². The monoisotopic (exact) mass is 320 g/mol. The molecule has 22 heavy (non-hydrogen) atoms. The van der Waals surface area contributed by atoms with Crippen LogP contribution in [0.1, 0.15) is 18.9 Å². The van der Waals surface area contributed by atoms with E-state index in [2.05, 4.69) is 4.72 Å². The Kier molecular flexibility index (Phi) is 4.77. The molecular formula is C15H16N2O4S. The number of nitrogens with one attached hydrogen (secondary N) is 1. The van der Waals surface area contributed by atoms with E-state index < -0.39 is 14.9 Å². The lowest BCUT2D eigenvalue weighted by Gasteiger charge is -2.09. The van der Waals surface area contributed by atoms with Crippen LogP contribution in [0.5, 0.6) is 0 Å². The Morgan fingerprint density at radius 3 is 2.32 bits per heavy atom. The molecule has 0 fully saturated rings. The summed E-state index contributed by atoms with van der Waals surface area (Å²) in [5, 5.41) is 10.9. The molecule has 6 nitrogen and oxygen atoms in total. The first-order chi connectivity index (χ1) is 10.4. The summed E-state index contributed by atoms with van der Waals surface area (Å²) in [6, 6.07) is 12.1. The first-order valence-corrected chi connectivity index (χ1v) is 8.27. The number of nitro groups is 1. The van der Waals surface area contributed by atoms with Gasteiger partial charge in [-0.15, -0.1) is 0 Å². The molecule has 7 heteroatoms. The number of aryl methyl sites for hydroxylation is 1. The summed E-state index contributed by atoms with van der Waals surface area (Å²) in [7, 11) is -3.86. The van der Waals surface area contributed by atoms with Crippen LogP contribution in [-0.2, 0) is 16.4 Å². The maximum atomic E-state index is 12.3. The van der Waals surface area contributed by atoms with E-state index in [1.54, 1.807) is 12.1 Å². The second-order valence-electron chi connectivity index (χ2n) is 4.77. The van der Waals surface area contributed by atoms with Gasteiger partial charge in [0.25, 0.3) is 15.7 Å². The third-order valence-electron chi connectivity index (χ3n) is 3.12. The summed E-state index contributed by atoms with van der Waals surface area (Å²) in [6.07, 6.45) is 1.85. The summed E-state index contributed by atoms with van der Waals surface area (Å²) in [5.41, 5.74) is 0.714. The van der Waals surface area contributed by atoms with Crippen molar-refractivity contribution in [2.45, 2.75) is 24.7 Å². The predicted octanol–water partition coefficient (Wildman–Crippen LogP) is 3.35. The van der Waals surface area contributed by atoms with Crippen LogP contribution in [-0.4, -0.2) is 13.3 Å². The molecule has 0 heterocycles. The van der Waals surface area contributed by atoms with Gasteiger partial charge in [-0.1, -0.05) is 37.6 Å². The number of hydrogen-bond acceptors (Lipinski definition) is 4. The number of nitrogens with zero attached hydrogens (tertiary/aromatic N) is 1. The second kappa shape index (κ2) is 6.57.